The highest BCUT2D eigenvalue weighted by Crippen LogP contribution is 2.51. The molecule has 178 valence electrons. The second kappa shape index (κ2) is 8.23. The Bertz CT molecular complexity index is 1520. The summed E-state index contributed by atoms with van der Waals surface area (Å²) in [6, 6.07) is 27.9. The Labute approximate surface area is 207 Å². The van der Waals surface area contributed by atoms with Gasteiger partial charge in [0.25, 0.3) is 11.8 Å². The zero-order chi connectivity index (χ0) is 24.9. The molecule has 0 fully saturated rings. The van der Waals surface area contributed by atoms with Gasteiger partial charge in [0.2, 0.25) is 5.66 Å². The number of rotatable bonds is 4. The van der Waals surface area contributed by atoms with Crippen molar-refractivity contribution in [2.24, 2.45) is 0 Å². The van der Waals surface area contributed by atoms with E-state index in [0.717, 1.165) is 0 Å². The zero-order valence-electron chi connectivity index (χ0n) is 19.4. The molecular weight excluding hydrogens is 457 g/mol. The van der Waals surface area contributed by atoms with Crippen LogP contribution in [0.5, 0.6) is 5.75 Å². The van der Waals surface area contributed by atoms with Crippen molar-refractivity contribution in [3.05, 3.63) is 120 Å². The van der Waals surface area contributed by atoms with Gasteiger partial charge in [-0.2, -0.15) is 0 Å². The van der Waals surface area contributed by atoms with E-state index in [1.54, 1.807) is 60.7 Å². The van der Waals surface area contributed by atoms with Gasteiger partial charge in [-0.3, -0.25) is 14.5 Å². The second-order valence-electron chi connectivity index (χ2n) is 8.69. The number of carbonyl (C=O) groups excluding carboxylic acids is 2. The molecule has 0 radical (unpaired) electrons. The first-order valence-electron chi connectivity index (χ1n) is 11.6. The predicted octanol–water partition coefficient (Wildman–Crippen LogP) is 5.31. The van der Waals surface area contributed by atoms with Crippen LogP contribution in [0, 0.1) is 5.82 Å². The summed E-state index contributed by atoms with van der Waals surface area (Å²) in [5, 5.41) is 3.40. The van der Waals surface area contributed by atoms with Crippen LogP contribution in [-0.2, 0) is 17.0 Å². The molecule has 7 heteroatoms. The van der Waals surface area contributed by atoms with Crippen molar-refractivity contribution >= 4 is 28.9 Å². The summed E-state index contributed by atoms with van der Waals surface area (Å²) >= 11 is 0. The number of anilines is 3. The van der Waals surface area contributed by atoms with Crippen LogP contribution in [0.15, 0.2) is 97.1 Å². The standard InChI is InChI=1S/C29H22FN3O3/c1-36-26-17-9-8-16-25(26)33-27(34)20-11-3-6-14-23(20)31-29(33)21-12-4-7-15-24(21)32(28(29)35)18-19-10-2-5-13-22(19)30/h2-17,31H,18H2,1H3/t29-/m1/s1. The Morgan fingerprint density at radius 2 is 1.50 bits per heavy atom. The lowest BCUT2D eigenvalue weighted by Gasteiger charge is -2.45. The summed E-state index contributed by atoms with van der Waals surface area (Å²) in [6.07, 6.45) is 0. The normalized spacial score (nSPS) is 18.2. The van der Waals surface area contributed by atoms with Crippen LogP contribution in [0.4, 0.5) is 21.5 Å². The summed E-state index contributed by atoms with van der Waals surface area (Å²) < 4.78 is 20.2. The second-order valence-corrected chi connectivity index (χ2v) is 8.69. The number of carbonyl (C=O) groups is 2. The van der Waals surface area contributed by atoms with Crippen LogP contribution in [0.25, 0.3) is 0 Å². The van der Waals surface area contributed by atoms with E-state index in [1.165, 1.54) is 23.0 Å². The van der Waals surface area contributed by atoms with Gasteiger partial charge in [-0.15, -0.1) is 0 Å². The number of hydrogen-bond acceptors (Lipinski definition) is 4. The van der Waals surface area contributed by atoms with Gasteiger partial charge >= 0.3 is 0 Å². The van der Waals surface area contributed by atoms with Crippen LogP contribution in [0.2, 0.25) is 0 Å². The summed E-state index contributed by atoms with van der Waals surface area (Å²) in [4.78, 5) is 31.6. The third-order valence-corrected chi connectivity index (χ3v) is 6.76. The van der Waals surface area contributed by atoms with Crippen molar-refractivity contribution < 1.29 is 18.7 Å². The molecule has 36 heavy (non-hydrogen) atoms. The van der Waals surface area contributed by atoms with Gasteiger partial charge in [0.15, 0.2) is 0 Å². The van der Waals surface area contributed by atoms with E-state index in [1.807, 2.05) is 30.3 Å². The largest absolute Gasteiger partial charge is 0.495 e. The number of nitrogens with one attached hydrogen (secondary N) is 1. The molecule has 0 saturated carbocycles. The average molecular weight is 480 g/mol. The van der Waals surface area contributed by atoms with E-state index in [4.69, 9.17) is 4.74 Å². The zero-order valence-corrected chi connectivity index (χ0v) is 19.4. The summed E-state index contributed by atoms with van der Waals surface area (Å²) in [5.41, 5.74) is 1.41. The van der Waals surface area contributed by atoms with Gasteiger partial charge in [-0.1, -0.05) is 60.7 Å². The van der Waals surface area contributed by atoms with Crippen molar-refractivity contribution in [3.8, 4) is 5.75 Å². The van der Waals surface area contributed by atoms with Gasteiger partial charge in [-0.25, -0.2) is 4.39 Å². The minimum Gasteiger partial charge on any atom is -0.495 e. The first-order chi connectivity index (χ1) is 17.6. The van der Waals surface area contributed by atoms with Crippen LogP contribution >= 0.6 is 0 Å². The molecule has 1 spiro atoms. The fourth-order valence-electron chi connectivity index (χ4n) is 5.13. The number of nitrogens with zero attached hydrogens (tertiary/aromatic N) is 2. The predicted molar refractivity (Wildman–Crippen MR) is 136 cm³/mol. The lowest BCUT2D eigenvalue weighted by atomic mass is 9.92. The maximum absolute atomic E-state index is 14.6. The number of halogens is 1. The first-order valence-corrected chi connectivity index (χ1v) is 11.6. The van der Waals surface area contributed by atoms with Crippen molar-refractivity contribution in [3.63, 3.8) is 0 Å². The fraction of sp³-hybridized carbons (Fsp3) is 0.103. The monoisotopic (exact) mass is 479 g/mol. The summed E-state index contributed by atoms with van der Waals surface area (Å²) in [6.45, 7) is 0.0154. The van der Waals surface area contributed by atoms with Gasteiger partial charge < -0.3 is 15.0 Å². The maximum Gasteiger partial charge on any atom is 0.279 e. The van der Waals surface area contributed by atoms with Gasteiger partial charge in [-0.05, 0) is 36.4 Å². The van der Waals surface area contributed by atoms with E-state index < -0.39 is 11.5 Å². The summed E-state index contributed by atoms with van der Waals surface area (Å²) in [7, 11) is 1.52. The molecule has 1 atom stereocenters. The average Bonchev–Trinajstić information content (AvgIpc) is 3.13. The number of ether oxygens (including phenoxy) is 1. The number of hydrogen-bond donors (Lipinski definition) is 1. The number of amides is 2. The molecule has 0 unspecified atom stereocenters. The molecule has 2 aliphatic heterocycles. The minimum absolute atomic E-state index is 0.0154. The van der Waals surface area contributed by atoms with Crippen LogP contribution in [-0.4, -0.2) is 18.9 Å². The Hall–Kier alpha value is -4.65. The molecule has 0 saturated heterocycles. The Balaban J connectivity index is 1.61. The van der Waals surface area contributed by atoms with Gasteiger partial charge in [0.05, 0.1) is 30.6 Å². The molecule has 4 aromatic rings. The third kappa shape index (κ3) is 3.02. The van der Waals surface area contributed by atoms with Crippen LogP contribution in [0.3, 0.4) is 0 Å². The molecule has 6 rings (SSSR count). The lowest BCUT2D eigenvalue weighted by Crippen LogP contribution is -2.63. The SMILES string of the molecule is COc1ccccc1N1C(=O)c2ccccc2N[C@@]12C(=O)N(Cc1ccccc1F)c1ccccc12. The summed E-state index contributed by atoms with van der Waals surface area (Å²) in [5.74, 6) is -0.682. The Morgan fingerprint density at radius 3 is 2.31 bits per heavy atom. The fourth-order valence-corrected chi connectivity index (χ4v) is 5.13. The third-order valence-electron chi connectivity index (χ3n) is 6.76. The Kier molecular flexibility index (Phi) is 5.00. The van der Waals surface area contributed by atoms with Crippen molar-refractivity contribution in [2.45, 2.75) is 12.2 Å². The van der Waals surface area contributed by atoms with Crippen LogP contribution < -0.4 is 19.9 Å². The first kappa shape index (κ1) is 21.9. The molecule has 1 N–H and O–H groups in total. The molecule has 2 amide bonds. The highest BCUT2D eigenvalue weighted by molar-refractivity contribution is 6.22. The van der Waals surface area contributed by atoms with Gasteiger partial charge in [0.1, 0.15) is 11.6 Å². The molecule has 4 aromatic carbocycles. The number of benzene rings is 4. The highest BCUT2D eigenvalue weighted by atomic mass is 19.1. The van der Waals surface area contributed by atoms with E-state index in [2.05, 4.69) is 5.32 Å². The smallest absolute Gasteiger partial charge is 0.279 e. The number of fused-ring (bicyclic) bond motifs is 3. The van der Waals surface area contributed by atoms with E-state index in [0.29, 0.717) is 39.5 Å². The van der Waals surface area contributed by atoms with Gasteiger partial charge in [0, 0.05) is 16.8 Å². The number of methoxy groups -OCH3 is 1. The van der Waals surface area contributed by atoms with Crippen LogP contribution in [0.1, 0.15) is 21.5 Å². The van der Waals surface area contributed by atoms with E-state index in [-0.39, 0.29) is 18.4 Å². The topological polar surface area (TPSA) is 61.9 Å². The number of para-hydroxylation sites is 4. The molecule has 2 aliphatic rings. The van der Waals surface area contributed by atoms with Crippen molar-refractivity contribution in [2.75, 3.05) is 22.2 Å². The van der Waals surface area contributed by atoms with E-state index in [9.17, 15) is 14.0 Å². The molecule has 2 heterocycles. The van der Waals surface area contributed by atoms with E-state index >= 15 is 0 Å². The van der Waals surface area contributed by atoms with Crippen molar-refractivity contribution in [1.82, 2.24) is 0 Å². The molecule has 0 aliphatic carbocycles. The lowest BCUT2D eigenvalue weighted by molar-refractivity contribution is -0.122. The molecule has 0 aromatic heterocycles. The Morgan fingerprint density at radius 1 is 0.833 bits per heavy atom. The van der Waals surface area contributed by atoms with Crippen molar-refractivity contribution in [1.29, 1.82) is 0 Å². The maximum atomic E-state index is 14.6. The quantitative estimate of drug-likeness (QED) is 0.431. The highest BCUT2D eigenvalue weighted by Gasteiger charge is 2.60. The molecule has 6 nitrogen and oxygen atoms in total. The molecule has 0 bridgehead atoms. The minimum atomic E-state index is -1.60. The molecular formula is C29H22FN3O3.